The van der Waals surface area contributed by atoms with E-state index < -0.39 is 0 Å². The summed E-state index contributed by atoms with van der Waals surface area (Å²) in [4.78, 5) is 2.01. The van der Waals surface area contributed by atoms with Crippen molar-refractivity contribution in [2.75, 3.05) is 12.5 Å². The summed E-state index contributed by atoms with van der Waals surface area (Å²) in [5.41, 5.74) is 3.01. The first kappa shape index (κ1) is 14.3. The van der Waals surface area contributed by atoms with Crippen molar-refractivity contribution in [1.82, 2.24) is 0 Å². The predicted octanol–water partition coefficient (Wildman–Crippen LogP) is 4.44. The highest BCUT2D eigenvalue weighted by Crippen LogP contribution is 2.37. The van der Waals surface area contributed by atoms with Gasteiger partial charge in [-0.1, -0.05) is 35.0 Å². The van der Waals surface area contributed by atoms with Crippen LogP contribution in [0.3, 0.4) is 0 Å². The average Bonchev–Trinajstić information content (AvgIpc) is 2.39. The second-order valence-electron chi connectivity index (χ2n) is 3.68. The molecule has 6 heteroatoms. The van der Waals surface area contributed by atoms with Crippen LogP contribution in [0.15, 0.2) is 46.2 Å². The first-order valence-electron chi connectivity index (χ1n) is 5.41. The molecule has 2 rings (SSSR count). The van der Waals surface area contributed by atoms with Crippen molar-refractivity contribution in [2.45, 2.75) is 9.79 Å². The van der Waals surface area contributed by atoms with Crippen LogP contribution in [0.2, 0.25) is 10.0 Å². The van der Waals surface area contributed by atoms with Gasteiger partial charge in [-0.2, -0.15) is 0 Å². The van der Waals surface area contributed by atoms with Crippen molar-refractivity contribution in [3.8, 4) is 5.75 Å². The van der Waals surface area contributed by atoms with Gasteiger partial charge in [-0.05, 0) is 36.4 Å². The fourth-order valence-electron chi connectivity index (χ4n) is 1.53. The SMILES string of the molecule is COc1ccc(Sc2cc(Cl)c(NN)c(Cl)c2)cc1. The minimum absolute atomic E-state index is 0.492. The maximum Gasteiger partial charge on any atom is 0.118 e. The zero-order chi connectivity index (χ0) is 13.8. The molecule has 0 unspecified atom stereocenters. The second kappa shape index (κ2) is 6.39. The molecule has 2 aromatic rings. The van der Waals surface area contributed by atoms with Gasteiger partial charge in [0.25, 0.3) is 0 Å². The Bertz CT molecular complexity index is 552. The summed E-state index contributed by atoms with van der Waals surface area (Å²) in [5, 5.41) is 0.983. The highest BCUT2D eigenvalue weighted by atomic mass is 35.5. The molecular formula is C13H12Cl2N2OS. The number of rotatable bonds is 4. The van der Waals surface area contributed by atoms with Crippen LogP contribution in [0.1, 0.15) is 0 Å². The Morgan fingerprint density at radius 3 is 2.11 bits per heavy atom. The molecule has 0 radical (unpaired) electrons. The molecule has 19 heavy (non-hydrogen) atoms. The zero-order valence-corrected chi connectivity index (χ0v) is 12.4. The summed E-state index contributed by atoms with van der Waals surface area (Å²) in [6.07, 6.45) is 0. The van der Waals surface area contributed by atoms with Gasteiger partial charge in [0.15, 0.2) is 0 Å². The molecule has 0 heterocycles. The number of hydrogen-bond donors (Lipinski definition) is 2. The molecule has 0 aromatic heterocycles. The normalized spacial score (nSPS) is 10.3. The summed E-state index contributed by atoms with van der Waals surface area (Å²) in [5.74, 6) is 6.17. The topological polar surface area (TPSA) is 47.3 Å². The lowest BCUT2D eigenvalue weighted by Gasteiger charge is -2.09. The number of benzene rings is 2. The van der Waals surface area contributed by atoms with Gasteiger partial charge < -0.3 is 10.2 Å². The fraction of sp³-hybridized carbons (Fsp3) is 0.0769. The van der Waals surface area contributed by atoms with Gasteiger partial charge in [0.05, 0.1) is 22.8 Å². The molecule has 0 aliphatic heterocycles. The van der Waals surface area contributed by atoms with Crippen LogP contribution in [-0.4, -0.2) is 7.11 Å². The summed E-state index contributed by atoms with van der Waals surface area (Å²) < 4.78 is 5.11. The molecular weight excluding hydrogens is 303 g/mol. The molecule has 0 fully saturated rings. The van der Waals surface area contributed by atoms with Gasteiger partial charge in [0.1, 0.15) is 5.75 Å². The van der Waals surface area contributed by atoms with Gasteiger partial charge in [0, 0.05) is 9.79 Å². The standard InChI is InChI=1S/C13H12Cl2N2OS/c1-18-8-2-4-9(5-3-8)19-10-6-11(14)13(17-16)12(15)7-10/h2-7,17H,16H2,1H3. The summed E-state index contributed by atoms with van der Waals surface area (Å²) in [6.45, 7) is 0. The molecule has 0 saturated heterocycles. The Morgan fingerprint density at radius 2 is 1.63 bits per heavy atom. The van der Waals surface area contributed by atoms with Gasteiger partial charge in [-0.25, -0.2) is 0 Å². The lowest BCUT2D eigenvalue weighted by Crippen LogP contribution is -2.07. The Hall–Kier alpha value is -1.07. The molecule has 100 valence electrons. The van der Waals surface area contributed by atoms with Gasteiger partial charge in [0.2, 0.25) is 0 Å². The van der Waals surface area contributed by atoms with Crippen molar-refractivity contribution < 1.29 is 4.74 Å². The lowest BCUT2D eigenvalue weighted by molar-refractivity contribution is 0.414. The van der Waals surface area contributed by atoms with Crippen molar-refractivity contribution in [2.24, 2.45) is 5.84 Å². The number of nitrogens with one attached hydrogen (secondary N) is 1. The van der Waals surface area contributed by atoms with E-state index in [0.29, 0.717) is 15.7 Å². The van der Waals surface area contributed by atoms with Crippen LogP contribution in [0, 0.1) is 0 Å². The van der Waals surface area contributed by atoms with E-state index >= 15 is 0 Å². The Balaban J connectivity index is 2.23. The summed E-state index contributed by atoms with van der Waals surface area (Å²) in [7, 11) is 1.64. The number of hydrazine groups is 1. The van der Waals surface area contributed by atoms with Crippen LogP contribution in [0.5, 0.6) is 5.75 Å². The molecule has 3 nitrogen and oxygen atoms in total. The van der Waals surface area contributed by atoms with Crippen LogP contribution in [-0.2, 0) is 0 Å². The van der Waals surface area contributed by atoms with Gasteiger partial charge in [-0.3, -0.25) is 5.84 Å². The van der Waals surface area contributed by atoms with Crippen molar-refractivity contribution in [3.63, 3.8) is 0 Å². The van der Waals surface area contributed by atoms with Gasteiger partial charge in [-0.15, -0.1) is 0 Å². The smallest absolute Gasteiger partial charge is 0.118 e. The number of anilines is 1. The highest BCUT2D eigenvalue weighted by Gasteiger charge is 2.08. The van der Waals surface area contributed by atoms with E-state index in [9.17, 15) is 0 Å². The Kier molecular flexibility index (Phi) is 4.82. The van der Waals surface area contributed by atoms with Crippen molar-refractivity contribution >= 4 is 40.7 Å². The Labute approximate surface area is 126 Å². The van der Waals surface area contributed by atoms with Gasteiger partial charge >= 0.3 is 0 Å². The maximum absolute atomic E-state index is 6.09. The van der Waals surface area contributed by atoms with Crippen molar-refractivity contribution in [3.05, 3.63) is 46.4 Å². The van der Waals surface area contributed by atoms with E-state index in [4.69, 9.17) is 33.8 Å². The fourth-order valence-corrected chi connectivity index (χ4v) is 3.15. The molecule has 0 aliphatic rings. The third kappa shape index (κ3) is 3.48. The predicted molar refractivity (Wildman–Crippen MR) is 81.4 cm³/mol. The molecule has 0 spiro atoms. The number of methoxy groups -OCH3 is 1. The van der Waals surface area contributed by atoms with Crippen LogP contribution in [0.4, 0.5) is 5.69 Å². The second-order valence-corrected chi connectivity index (χ2v) is 5.65. The molecule has 0 aliphatic carbocycles. The maximum atomic E-state index is 6.09. The first-order valence-corrected chi connectivity index (χ1v) is 6.99. The number of halogens is 2. The number of hydrogen-bond acceptors (Lipinski definition) is 4. The van der Waals surface area contributed by atoms with E-state index in [1.807, 2.05) is 36.4 Å². The zero-order valence-electron chi connectivity index (χ0n) is 10.1. The summed E-state index contributed by atoms with van der Waals surface area (Å²) in [6, 6.07) is 11.4. The van der Waals surface area contributed by atoms with Crippen molar-refractivity contribution in [1.29, 1.82) is 0 Å². The largest absolute Gasteiger partial charge is 0.497 e. The highest BCUT2D eigenvalue weighted by molar-refractivity contribution is 7.99. The minimum atomic E-state index is 0.492. The van der Waals surface area contributed by atoms with E-state index in [1.54, 1.807) is 18.9 Å². The molecule has 0 saturated carbocycles. The molecule has 0 atom stereocenters. The summed E-state index contributed by atoms with van der Waals surface area (Å²) >= 11 is 13.7. The van der Waals surface area contributed by atoms with Crippen LogP contribution in [0.25, 0.3) is 0 Å². The number of ether oxygens (including phenoxy) is 1. The monoisotopic (exact) mass is 314 g/mol. The molecule has 0 bridgehead atoms. The number of nitrogen functional groups attached to an aromatic ring is 1. The lowest BCUT2D eigenvalue weighted by atomic mass is 10.3. The molecule has 0 amide bonds. The molecule has 3 N–H and O–H groups in total. The van der Waals surface area contributed by atoms with Crippen LogP contribution < -0.4 is 16.0 Å². The van der Waals surface area contributed by atoms with E-state index in [2.05, 4.69) is 5.43 Å². The quantitative estimate of drug-likeness (QED) is 0.647. The van der Waals surface area contributed by atoms with Crippen LogP contribution >= 0.6 is 35.0 Å². The average molecular weight is 315 g/mol. The van der Waals surface area contributed by atoms with E-state index in [-0.39, 0.29) is 0 Å². The minimum Gasteiger partial charge on any atom is -0.497 e. The van der Waals surface area contributed by atoms with E-state index in [1.165, 1.54) is 0 Å². The third-order valence-electron chi connectivity index (χ3n) is 2.46. The molecule has 2 aromatic carbocycles. The first-order chi connectivity index (χ1) is 9.13. The number of nitrogens with two attached hydrogens (primary N) is 1. The third-order valence-corrected chi connectivity index (χ3v) is 4.03. The Morgan fingerprint density at radius 1 is 1.05 bits per heavy atom. The van der Waals surface area contributed by atoms with E-state index in [0.717, 1.165) is 15.5 Å².